The summed E-state index contributed by atoms with van der Waals surface area (Å²) < 4.78 is 5.68. The van der Waals surface area contributed by atoms with Crippen molar-refractivity contribution in [1.29, 1.82) is 0 Å². The molecule has 0 aliphatic heterocycles. The Hall–Kier alpha value is -2.33. The fourth-order valence-corrected chi connectivity index (χ4v) is 2.70. The molecular weight excluding hydrogens is 302 g/mol. The highest BCUT2D eigenvalue weighted by molar-refractivity contribution is 5.94. The predicted molar refractivity (Wildman–Crippen MR) is 93.3 cm³/mol. The molecule has 4 heteroatoms. The number of ether oxygens (including phenoxy) is 1. The standard InChI is InChI=1S/C20H23NO3/c1-13-8-14(2)10-16(9-13)19(22)12-24-18-5-3-4-15(11-18)20(23)21-17-6-7-17/h3-5,8-11,17,19,22H,6-7,12H2,1-2H3,(H,21,23). The van der Waals surface area contributed by atoms with Gasteiger partial charge >= 0.3 is 0 Å². The quantitative estimate of drug-likeness (QED) is 0.857. The summed E-state index contributed by atoms with van der Waals surface area (Å²) in [6.45, 7) is 4.16. The lowest BCUT2D eigenvalue weighted by atomic mass is 10.0. The third-order valence-electron chi connectivity index (χ3n) is 4.05. The number of aliphatic hydroxyl groups is 1. The van der Waals surface area contributed by atoms with Crippen molar-refractivity contribution in [1.82, 2.24) is 5.32 Å². The SMILES string of the molecule is Cc1cc(C)cc(C(O)COc2cccc(C(=O)NC3CC3)c2)c1. The fourth-order valence-electron chi connectivity index (χ4n) is 2.70. The zero-order chi connectivity index (χ0) is 17.1. The first-order chi connectivity index (χ1) is 11.5. The number of benzene rings is 2. The van der Waals surface area contributed by atoms with Gasteiger partial charge in [-0.3, -0.25) is 4.79 Å². The summed E-state index contributed by atoms with van der Waals surface area (Å²) in [5.41, 5.74) is 3.65. The summed E-state index contributed by atoms with van der Waals surface area (Å²) >= 11 is 0. The van der Waals surface area contributed by atoms with Gasteiger partial charge in [-0.1, -0.05) is 35.4 Å². The van der Waals surface area contributed by atoms with Crippen molar-refractivity contribution in [2.75, 3.05) is 6.61 Å². The van der Waals surface area contributed by atoms with E-state index in [9.17, 15) is 9.90 Å². The summed E-state index contributed by atoms with van der Waals surface area (Å²) in [5.74, 6) is 0.514. The Morgan fingerprint density at radius 1 is 1.21 bits per heavy atom. The minimum Gasteiger partial charge on any atom is -0.491 e. The summed E-state index contributed by atoms with van der Waals surface area (Å²) in [6.07, 6.45) is 1.42. The van der Waals surface area contributed by atoms with Crippen molar-refractivity contribution < 1.29 is 14.6 Å². The van der Waals surface area contributed by atoms with Crippen molar-refractivity contribution in [3.05, 3.63) is 64.7 Å². The molecule has 0 spiro atoms. The minimum absolute atomic E-state index is 0.0715. The van der Waals surface area contributed by atoms with E-state index in [4.69, 9.17) is 4.74 Å². The number of aryl methyl sites for hydroxylation is 2. The summed E-state index contributed by atoms with van der Waals surface area (Å²) in [5, 5.41) is 13.3. The number of carbonyl (C=O) groups excluding carboxylic acids is 1. The van der Waals surface area contributed by atoms with E-state index in [1.54, 1.807) is 24.3 Å². The largest absolute Gasteiger partial charge is 0.491 e. The van der Waals surface area contributed by atoms with Crippen molar-refractivity contribution >= 4 is 5.91 Å². The Bertz CT molecular complexity index is 717. The molecule has 1 aliphatic rings. The Morgan fingerprint density at radius 2 is 1.92 bits per heavy atom. The van der Waals surface area contributed by atoms with Gasteiger partial charge in [-0.2, -0.15) is 0 Å². The molecule has 3 rings (SSSR count). The molecule has 0 saturated heterocycles. The second-order valence-electron chi connectivity index (χ2n) is 6.52. The molecule has 126 valence electrons. The predicted octanol–water partition coefficient (Wildman–Crippen LogP) is 3.31. The summed E-state index contributed by atoms with van der Waals surface area (Å²) in [6, 6.07) is 13.4. The maximum absolute atomic E-state index is 12.1. The molecule has 1 amide bonds. The van der Waals surface area contributed by atoms with E-state index in [0.29, 0.717) is 17.4 Å². The first-order valence-electron chi connectivity index (χ1n) is 8.31. The van der Waals surface area contributed by atoms with Crippen LogP contribution in [0.3, 0.4) is 0 Å². The van der Waals surface area contributed by atoms with Crippen LogP contribution in [0.15, 0.2) is 42.5 Å². The first kappa shape index (κ1) is 16.5. The van der Waals surface area contributed by atoms with Crippen LogP contribution in [0.25, 0.3) is 0 Å². The van der Waals surface area contributed by atoms with Crippen LogP contribution in [-0.2, 0) is 0 Å². The van der Waals surface area contributed by atoms with Crippen LogP contribution in [0, 0.1) is 13.8 Å². The Balaban J connectivity index is 1.62. The average molecular weight is 325 g/mol. The lowest BCUT2D eigenvalue weighted by Gasteiger charge is -2.14. The average Bonchev–Trinajstić information content (AvgIpc) is 3.36. The van der Waals surface area contributed by atoms with Gasteiger partial charge in [0.05, 0.1) is 0 Å². The van der Waals surface area contributed by atoms with E-state index in [1.165, 1.54) is 0 Å². The lowest BCUT2D eigenvalue weighted by Crippen LogP contribution is -2.25. The van der Waals surface area contributed by atoms with Crippen LogP contribution < -0.4 is 10.1 Å². The molecule has 4 nitrogen and oxygen atoms in total. The molecule has 0 aromatic heterocycles. The topological polar surface area (TPSA) is 58.6 Å². The van der Waals surface area contributed by atoms with E-state index in [2.05, 4.69) is 11.4 Å². The van der Waals surface area contributed by atoms with Gasteiger partial charge in [-0.15, -0.1) is 0 Å². The van der Waals surface area contributed by atoms with Crippen LogP contribution in [0.1, 0.15) is 46.0 Å². The van der Waals surface area contributed by atoms with Crippen LogP contribution in [-0.4, -0.2) is 23.7 Å². The Kier molecular flexibility index (Phi) is 4.86. The van der Waals surface area contributed by atoms with Gasteiger partial charge in [0.1, 0.15) is 18.5 Å². The monoisotopic (exact) mass is 325 g/mol. The van der Waals surface area contributed by atoms with Gasteiger partial charge in [0, 0.05) is 11.6 Å². The molecule has 0 heterocycles. The number of rotatable bonds is 6. The number of amides is 1. The molecule has 1 saturated carbocycles. The van der Waals surface area contributed by atoms with E-state index in [0.717, 1.165) is 29.5 Å². The van der Waals surface area contributed by atoms with E-state index in [-0.39, 0.29) is 12.5 Å². The normalized spacial score (nSPS) is 15.0. The molecule has 2 aromatic rings. The molecule has 2 aromatic carbocycles. The fraction of sp³-hybridized carbons (Fsp3) is 0.350. The molecule has 1 aliphatic carbocycles. The number of hydrogen-bond acceptors (Lipinski definition) is 3. The highest BCUT2D eigenvalue weighted by atomic mass is 16.5. The smallest absolute Gasteiger partial charge is 0.251 e. The molecule has 1 unspecified atom stereocenters. The molecule has 2 N–H and O–H groups in total. The van der Waals surface area contributed by atoms with E-state index < -0.39 is 6.10 Å². The van der Waals surface area contributed by atoms with Crippen molar-refractivity contribution in [3.8, 4) is 5.75 Å². The van der Waals surface area contributed by atoms with Gasteiger partial charge in [0.15, 0.2) is 0 Å². The van der Waals surface area contributed by atoms with Crippen molar-refractivity contribution in [2.24, 2.45) is 0 Å². The highest BCUT2D eigenvalue weighted by Crippen LogP contribution is 2.22. The maximum atomic E-state index is 12.1. The van der Waals surface area contributed by atoms with Crippen molar-refractivity contribution in [3.63, 3.8) is 0 Å². The highest BCUT2D eigenvalue weighted by Gasteiger charge is 2.23. The third-order valence-corrected chi connectivity index (χ3v) is 4.05. The van der Waals surface area contributed by atoms with Crippen LogP contribution in [0.2, 0.25) is 0 Å². The first-order valence-corrected chi connectivity index (χ1v) is 8.31. The number of hydrogen-bond donors (Lipinski definition) is 2. The Morgan fingerprint density at radius 3 is 2.58 bits per heavy atom. The third kappa shape index (κ3) is 4.36. The second kappa shape index (κ2) is 7.05. The lowest BCUT2D eigenvalue weighted by molar-refractivity contribution is 0.0949. The second-order valence-corrected chi connectivity index (χ2v) is 6.52. The number of carbonyl (C=O) groups is 1. The zero-order valence-electron chi connectivity index (χ0n) is 14.1. The van der Waals surface area contributed by atoms with E-state index in [1.807, 2.05) is 26.0 Å². The number of nitrogens with one attached hydrogen (secondary N) is 1. The molecule has 0 radical (unpaired) electrons. The van der Waals surface area contributed by atoms with Gasteiger partial charge in [0.25, 0.3) is 5.91 Å². The number of aliphatic hydroxyl groups excluding tert-OH is 1. The molecule has 24 heavy (non-hydrogen) atoms. The zero-order valence-corrected chi connectivity index (χ0v) is 14.1. The molecule has 1 atom stereocenters. The van der Waals surface area contributed by atoms with E-state index >= 15 is 0 Å². The van der Waals surface area contributed by atoms with Gasteiger partial charge in [-0.05, 0) is 50.5 Å². The van der Waals surface area contributed by atoms with Gasteiger partial charge in [0.2, 0.25) is 0 Å². The van der Waals surface area contributed by atoms with Gasteiger partial charge < -0.3 is 15.2 Å². The van der Waals surface area contributed by atoms with Crippen LogP contribution in [0.5, 0.6) is 5.75 Å². The summed E-state index contributed by atoms with van der Waals surface area (Å²) in [4.78, 5) is 12.1. The molecular formula is C20H23NO3. The minimum atomic E-state index is -0.701. The summed E-state index contributed by atoms with van der Waals surface area (Å²) in [7, 11) is 0. The van der Waals surface area contributed by atoms with Gasteiger partial charge in [-0.25, -0.2) is 0 Å². The van der Waals surface area contributed by atoms with Crippen LogP contribution >= 0.6 is 0 Å². The molecule has 1 fully saturated rings. The Labute approximate surface area is 142 Å². The molecule has 0 bridgehead atoms. The van der Waals surface area contributed by atoms with Crippen LogP contribution in [0.4, 0.5) is 0 Å². The van der Waals surface area contributed by atoms with Crippen molar-refractivity contribution in [2.45, 2.75) is 38.8 Å². The maximum Gasteiger partial charge on any atom is 0.251 e.